The predicted molar refractivity (Wildman–Crippen MR) is 101 cm³/mol. The van der Waals surface area contributed by atoms with Crippen LogP contribution < -0.4 is 10.1 Å². The molecule has 0 unspecified atom stereocenters. The number of benzene rings is 2. The molecule has 124 valence electrons. The fourth-order valence-electron chi connectivity index (χ4n) is 2.10. The van der Waals surface area contributed by atoms with Crippen molar-refractivity contribution in [2.75, 3.05) is 17.9 Å². The molecule has 0 saturated heterocycles. The van der Waals surface area contributed by atoms with Gasteiger partial charge in [0.2, 0.25) is 0 Å². The molecular weight excluding hydrogens is 392 g/mol. The molecule has 0 radical (unpaired) electrons. The molecule has 0 aliphatic carbocycles. The van der Waals surface area contributed by atoms with E-state index in [0.717, 1.165) is 16.8 Å². The van der Waals surface area contributed by atoms with E-state index in [1.807, 2.05) is 37.4 Å². The highest BCUT2D eigenvalue weighted by atomic mass is 79.9. The van der Waals surface area contributed by atoms with Crippen molar-refractivity contribution in [3.8, 4) is 17.6 Å². The van der Waals surface area contributed by atoms with E-state index in [1.165, 1.54) is 6.08 Å². The number of hydrogen-bond donors (Lipinski definition) is 1. The van der Waals surface area contributed by atoms with Crippen LogP contribution in [0.2, 0.25) is 5.02 Å². The summed E-state index contributed by atoms with van der Waals surface area (Å²) in [6, 6.07) is 13.0. The van der Waals surface area contributed by atoms with Gasteiger partial charge in [0.1, 0.15) is 17.0 Å². The van der Waals surface area contributed by atoms with Gasteiger partial charge in [-0.15, -0.1) is 0 Å². The van der Waals surface area contributed by atoms with Crippen LogP contribution in [0.4, 0.5) is 5.69 Å². The highest BCUT2D eigenvalue weighted by molar-refractivity contribution is 9.09. The predicted octanol–water partition coefficient (Wildman–Crippen LogP) is 5.58. The van der Waals surface area contributed by atoms with E-state index in [0.29, 0.717) is 28.6 Å². The molecule has 0 spiro atoms. The first-order chi connectivity index (χ1) is 11.7. The van der Waals surface area contributed by atoms with Crippen molar-refractivity contribution in [1.29, 1.82) is 5.26 Å². The molecule has 0 aliphatic heterocycles. The zero-order valence-corrected chi connectivity index (χ0v) is 15.4. The first kappa shape index (κ1) is 18.3. The average molecular weight is 408 g/mol. The Morgan fingerprint density at radius 1 is 1.29 bits per heavy atom. The fraction of sp³-hybridized carbons (Fsp3) is 0.167. The van der Waals surface area contributed by atoms with Crippen molar-refractivity contribution in [2.45, 2.75) is 6.61 Å². The first-order valence-electron chi connectivity index (χ1n) is 7.15. The molecule has 24 heavy (non-hydrogen) atoms. The maximum Gasteiger partial charge on any atom is 0.133 e. The second kappa shape index (κ2) is 9.33. The number of nitrogens with zero attached hydrogens (tertiary/aromatic N) is 1. The first-order valence-corrected chi connectivity index (χ1v) is 8.65. The smallest absolute Gasteiger partial charge is 0.133 e. The van der Waals surface area contributed by atoms with Crippen molar-refractivity contribution in [3.05, 3.63) is 58.6 Å². The molecular formula is C18H16BrClN2O2. The van der Waals surface area contributed by atoms with Gasteiger partial charge in [0.05, 0.1) is 12.7 Å². The molecule has 1 N–H and O–H groups in total. The van der Waals surface area contributed by atoms with Crippen LogP contribution in [0.25, 0.3) is 6.08 Å². The number of ether oxygens (including phenoxy) is 2. The van der Waals surface area contributed by atoms with E-state index < -0.39 is 0 Å². The maximum absolute atomic E-state index is 8.64. The summed E-state index contributed by atoms with van der Waals surface area (Å²) in [6.45, 7) is 0.415. The minimum atomic E-state index is 0.415. The van der Waals surface area contributed by atoms with E-state index in [-0.39, 0.29) is 0 Å². The maximum atomic E-state index is 8.64. The summed E-state index contributed by atoms with van der Waals surface area (Å²) in [7, 11) is 1.86. The van der Waals surface area contributed by atoms with E-state index >= 15 is 0 Å². The molecule has 6 heteroatoms. The third kappa shape index (κ3) is 5.27. The van der Waals surface area contributed by atoms with Gasteiger partial charge in [-0.25, -0.2) is 0 Å². The lowest BCUT2D eigenvalue weighted by Crippen LogP contribution is -1.98. The van der Waals surface area contributed by atoms with Crippen molar-refractivity contribution >= 4 is 39.3 Å². The number of halogens is 2. The SMILES string of the molecule is CNc1ccc(Oc2cc(Cl)cc(/C=C/C#N)c2)c(COCBr)c1. The molecule has 0 atom stereocenters. The Labute approximate surface area is 154 Å². The quantitative estimate of drug-likeness (QED) is 0.481. The van der Waals surface area contributed by atoms with E-state index in [4.69, 9.17) is 26.3 Å². The summed E-state index contributed by atoms with van der Waals surface area (Å²) >= 11 is 9.38. The summed E-state index contributed by atoms with van der Waals surface area (Å²) in [5.41, 5.74) is 3.12. The standard InChI is InChI=1S/C18H16BrClN2O2/c1-22-16-4-5-18(14(9-16)11-23-12-19)24-17-8-13(3-2-6-21)7-15(20)10-17/h2-5,7-10,22H,11-12H2,1H3/b3-2+. The topological polar surface area (TPSA) is 54.3 Å². The average Bonchev–Trinajstić information content (AvgIpc) is 2.58. The van der Waals surface area contributed by atoms with Crippen LogP contribution in [-0.2, 0) is 11.3 Å². The van der Waals surface area contributed by atoms with Gasteiger partial charge in [0.15, 0.2) is 0 Å². The zero-order valence-electron chi connectivity index (χ0n) is 13.1. The van der Waals surface area contributed by atoms with Gasteiger partial charge >= 0.3 is 0 Å². The van der Waals surface area contributed by atoms with Gasteiger partial charge in [-0.1, -0.05) is 27.5 Å². The van der Waals surface area contributed by atoms with Gasteiger partial charge in [-0.05, 0) is 48.0 Å². The lowest BCUT2D eigenvalue weighted by Gasteiger charge is -2.13. The number of allylic oxidation sites excluding steroid dienone is 1. The van der Waals surface area contributed by atoms with Crippen molar-refractivity contribution < 1.29 is 9.47 Å². The molecule has 0 heterocycles. The number of anilines is 1. The van der Waals surface area contributed by atoms with Gasteiger partial charge < -0.3 is 14.8 Å². The number of nitrogens with one attached hydrogen (secondary N) is 1. The minimum absolute atomic E-state index is 0.415. The van der Waals surface area contributed by atoms with E-state index in [9.17, 15) is 0 Å². The summed E-state index contributed by atoms with van der Waals surface area (Å²) in [6.07, 6.45) is 3.07. The van der Waals surface area contributed by atoms with E-state index in [2.05, 4.69) is 21.2 Å². The van der Waals surface area contributed by atoms with E-state index in [1.54, 1.807) is 18.2 Å². The van der Waals surface area contributed by atoms with Crippen LogP contribution in [0.1, 0.15) is 11.1 Å². The Bertz CT molecular complexity index is 772. The van der Waals surface area contributed by atoms with Crippen LogP contribution in [0, 0.1) is 11.3 Å². The van der Waals surface area contributed by atoms with Crippen molar-refractivity contribution in [3.63, 3.8) is 0 Å². The molecule has 0 bridgehead atoms. The Balaban J connectivity index is 2.31. The van der Waals surface area contributed by atoms with Crippen molar-refractivity contribution in [1.82, 2.24) is 0 Å². The Morgan fingerprint density at radius 3 is 2.83 bits per heavy atom. The Morgan fingerprint density at radius 2 is 2.12 bits per heavy atom. The summed E-state index contributed by atoms with van der Waals surface area (Å²) in [5.74, 6) is 1.28. The molecule has 0 aliphatic rings. The molecule has 2 rings (SSSR count). The van der Waals surface area contributed by atoms with Crippen LogP contribution in [0.3, 0.4) is 0 Å². The number of rotatable bonds is 7. The van der Waals surface area contributed by atoms with Gasteiger partial charge in [-0.3, -0.25) is 0 Å². The summed E-state index contributed by atoms with van der Waals surface area (Å²) in [5, 5.41) is 12.3. The van der Waals surface area contributed by atoms with Gasteiger partial charge in [0, 0.05) is 29.4 Å². The highest BCUT2D eigenvalue weighted by Gasteiger charge is 2.08. The highest BCUT2D eigenvalue weighted by Crippen LogP contribution is 2.31. The molecule has 2 aromatic rings. The number of hydrogen-bond acceptors (Lipinski definition) is 4. The molecule has 0 saturated carbocycles. The van der Waals surface area contributed by atoms with Crippen molar-refractivity contribution in [2.24, 2.45) is 0 Å². The summed E-state index contributed by atoms with van der Waals surface area (Å²) in [4.78, 5) is 0. The number of alkyl halides is 1. The molecule has 2 aromatic carbocycles. The zero-order chi connectivity index (χ0) is 17.4. The lowest BCUT2D eigenvalue weighted by molar-refractivity contribution is 0.170. The fourth-order valence-corrected chi connectivity index (χ4v) is 2.49. The normalized spacial score (nSPS) is 10.6. The second-order valence-electron chi connectivity index (χ2n) is 4.81. The molecule has 0 amide bonds. The second-order valence-corrected chi connectivity index (χ2v) is 5.71. The number of nitriles is 1. The Hall–Kier alpha value is -2.00. The Kier molecular flexibility index (Phi) is 7.13. The molecule has 0 fully saturated rings. The third-order valence-electron chi connectivity index (χ3n) is 3.16. The van der Waals surface area contributed by atoms with Crippen LogP contribution in [0.5, 0.6) is 11.5 Å². The molecule has 4 nitrogen and oxygen atoms in total. The molecule has 0 aromatic heterocycles. The monoisotopic (exact) mass is 406 g/mol. The minimum Gasteiger partial charge on any atom is -0.457 e. The van der Waals surface area contributed by atoms with Gasteiger partial charge in [-0.2, -0.15) is 5.26 Å². The van der Waals surface area contributed by atoms with Gasteiger partial charge in [0.25, 0.3) is 0 Å². The van der Waals surface area contributed by atoms with Crippen LogP contribution >= 0.6 is 27.5 Å². The summed E-state index contributed by atoms with van der Waals surface area (Å²) < 4.78 is 11.4. The van der Waals surface area contributed by atoms with Crippen LogP contribution in [-0.4, -0.2) is 12.6 Å². The lowest BCUT2D eigenvalue weighted by atomic mass is 10.1. The third-order valence-corrected chi connectivity index (χ3v) is 3.70. The largest absolute Gasteiger partial charge is 0.457 e. The van der Waals surface area contributed by atoms with Crippen LogP contribution in [0.15, 0.2) is 42.5 Å².